The van der Waals surface area contributed by atoms with Crippen molar-refractivity contribution in [2.24, 2.45) is 23.7 Å². The lowest BCUT2D eigenvalue weighted by molar-refractivity contribution is -0.132. The minimum atomic E-state index is 0.381. The van der Waals surface area contributed by atoms with Crippen LogP contribution in [0.5, 0.6) is 0 Å². The van der Waals surface area contributed by atoms with Crippen LogP contribution in [0.2, 0.25) is 0 Å². The predicted octanol–water partition coefficient (Wildman–Crippen LogP) is 1.59. The topological polar surface area (TPSA) is 23.6 Å². The Morgan fingerprint density at radius 3 is 2.78 bits per heavy atom. The highest BCUT2D eigenvalue weighted by Gasteiger charge is 2.50. The molecule has 4 rings (SSSR count). The molecular formula is C15H24N2O. The van der Waals surface area contributed by atoms with Crippen LogP contribution in [-0.4, -0.2) is 47.9 Å². The van der Waals surface area contributed by atoms with Crippen molar-refractivity contribution in [3.8, 4) is 0 Å². The number of amides is 1. The maximum absolute atomic E-state index is 12.3. The van der Waals surface area contributed by atoms with Crippen molar-refractivity contribution >= 4 is 5.91 Å². The highest BCUT2D eigenvalue weighted by atomic mass is 16.2. The molecule has 4 fully saturated rings. The number of hydrogen-bond acceptors (Lipinski definition) is 2. The molecule has 1 saturated carbocycles. The Morgan fingerprint density at radius 2 is 2.00 bits per heavy atom. The maximum Gasteiger partial charge on any atom is 0.225 e. The van der Waals surface area contributed by atoms with E-state index in [4.69, 9.17) is 0 Å². The lowest BCUT2D eigenvalue weighted by Crippen LogP contribution is -2.41. The number of likely N-dealkylation sites (tertiary alicyclic amines) is 1. The van der Waals surface area contributed by atoms with E-state index in [2.05, 4.69) is 16.7 Å². The van der Waals surface area contributed by atoms with Gasteiger partial charge in [0.1, 0.15) is 0 Å². The minimum Gasteiger partial charge on any atom is -0.342 e. The van der Waals surface area contributed by atoms with E-state index in [9.17, 15) is 4.79 Å². The predicted molar refractivity (Wildman–Crippen MR) is 70.0 cm³/mol. The Bertz CT molecular complexity index is 370. The lowest BCUT2D eigenvalue weighted by Gasteiger charge is -2.33. The molecule has 0 aromatic heterocycles. The van der Waals surface area contributed by atoms with E-state index in [1.165, 1.54) is 32.4 Å². The van der Waals surface area contributed by atoms with E-state index < -0.39 is 0 Å². The highest BCUT2D eigenvalue weighted by Crippen LogP contribution is 2.44. The van der Waals surface area contributed by atoms with Gasteiger partial charge >= 0.3 is 0 Å². The number of nitrogens with zero attached hydrogens (tertiary/aromatic N) is 2. The molecule has 18 heavy (non-hydrogen) atoms. The summed E-state index contributed by atoms with van der Waals surface area (Å²) in [5.41, 5.74) is 0. The summed E-state index contributed by atoms with van der Waals surface area (Å²) in [6, 6.07) is 0.804. The van der Waals surface area contributed by atoms with Crippen molar-refractivity contribution in [3.63, 3.8) is 0 Å². The lowest BCUT2D eigenvalue weighted by atomic mass is 9.90. The Balaban J connectivity index is 1.44. The van der Waals surface area contributed by atoms with Gasteiger partial charge in [0.2, 0.25) is 5.91 Å². The van der Waals surface area contributed by atoms with Crippen LogP contribution < -0.4 is 0 Å². The molecule has 1 amide bonds. The standard InChI is InChI=1S/C15H24N2O/c1-10-6-12(10)15(18)17-8-11-7-16-5-3-2-4-14(16)13(11)9-17/h10-14H,2-9H2,1H3. The summed E-state index contributed by atoms with van der Waals surface area (Å²) >= 11 is 0. The van der Waals surface area contributed by atoms with Crippen molar-refractivity contribution in [2.75, 3.05) is 26.2 Å². The molecule has 0 bridgehead atoms. The molecule has 0 radical (unpaired) electrons. The van der Waals surface area contributed by atoms with Gasteiger partial charge in [0.05, 0.1) is 0 Å². The second kappa shape index (κ2) is 3.96. The van der Waals surface area contributed by atoms with E-state index in [-0.39, 0.29) is 0 Å². The number of piperidine rings is 1. The van der Waals surface area contributed by atoms with Gasteiger partial charge < -0.3 is 4.90 Å². The van der Waals surface area contributed by atoms with E-state index in [0.717, 1.165) is 37.4 Å². The van der Waals surface area contributed by atoms with Crippen LogP contribution in [0.15, 0.2) is 0 Å². The summed E-state index contributed by atoms with van der Waals surface area (Å²) in [5.74, 6) is 3.09. The molecule has 100 valence electrons. The molecule has 5 unspecified atom stereocenters. The van der Waals surface area contributed by atoms with E-state index in [1.54, 1.807) is 0 Å². The first-order valence-corrected chi connectivity index (χ1v) is 7.77. The third kappa shape index (κ3) is 1.63. The molecule has 3 nitrogen and oxygen atoms in total. The van der Waals surface area contributed by atoms with E-state index >= 15 is 0 Å². The molecule has 0 N–H and O–H groups in total. The molecule has 0 spiro atoms. The largest absolute Gasteiger partial charge is 0.342 e. The average Bonchev–Trinajstić information content (AvgIpc) is 2.83. The van der Waals surface area contributed by atoms with Crippen LogP contribution in [0.3, 0.4) is 0 Å². The minimum absolute atomic E-state index is 0.381. The summed E-state index contributed by atoms with van der Waals surface area (Å²) in [7, 11) is 0. The second-order valence-corrected chi connectivity index (χ2v) is 7.04. The van der Waals surface area contributed by atoms with Crippen molar-refractivity contribution < 1.29 is 4.79 Å². The molecule has 3 heterocycles. The van der Waals surface area contributed by atoms with Gasteiger partial charge in [-0.25, -0.2) is 0 Å². The number of carbonyl (C=O) groups excluding carboxylic acids is 1. The zero-order valence-corrected chi connectivity index (χ0v) is 11.3. The number of rotatable bonds is 1. The summed E-state index contributed by atoms with van der Waals surface area (Å²) in [6.07, 6.45) is 5.30. The zero-order chi connectivity index (χ0) is 12.3. The molecule has 1 aliphatic carbocycles. The summed E-state index contributed by atoms with van der Waals surface area (Å²) < 4.78 is 0. The average molecular weight is 248 g/mol. The van der Waals surface area contributed by atoms with Gasteiger partial charge in [-0.1, -0.05) is 13.3 Å². The first-order chi connectivity index (χ1) is 8.74. The summed E-state index contributed by atoms with van der Waals surface area (Å²) in [6.45, 7) is 6.90. The molecule has 5 atom stereocenters. The van der Waals surface area contributed by atoms with E-state index in [0.29, 0.717) is 17.7 Å². The Labute approximate surface area is 110 Å². The van der Waals surface area contributed by atoms with Crippen molar-refractivity contribution in [1.29, 1.82) is 0 Å². The summed E-state index contributed by atoms with van der Waals surface area (Å²) in [5, 5.41) is 0. The van der Waals surface area contributed by atoms with Crippen LogP contribution in [0.25, 0.3) is 0 Å². The quantitative estimate of drug-likeness (QED) is 0.703. The smallest absolute Gasteiger partial charge is 0.225 e. The van der Waals surface area contributed by atoms with Crippen LogP contribution in [0.4, 0.5) is 0 Å². The van der Waals surface area contributed by atoms with Gasteiger partial charge in [0.15, 0.2) is 0 Å². The molecule has 0 aromatic rings. The van der Waals surface area contributed by atoms with Gasteiger partial charge in [0.25, 0.3) is 0 Å². The van der Waals surface area contributed by atoms with Gasteiger partial charge in [-0.2, -0.15) is 0 Å². The van der Waals surface area contributed by atoms with Crippen molar-refractivity contribution in [3.05, 3.63) is 0 Å². The Kier molecular flexibility index (Phi) is 2.48. The second-order valence-electron chi connectivity index (χ2n) is 7.04. The molecule has 3 heteroatoms. The number of hydrogen-bond donors (Lipinski definition) is 0. The molecule has 3 saturated heterocycles. The third-order valence-electron chi connectivity index (χ3n) is 5.86. The maximum atomic E-state index is 12.3. The number of carbonyl (C=O) groups is 1. The first-order valence-electron chi connectivity index (χ1n) is 7.77. The molecule has 4 aliphatic rings. The van der Waals surface area contributed by atoms with Gasteiger partial charge in [0, 0.05) is 31.6 Å². The highest BCUT2D eigenvalue weighted by molar-refractivity contribution is 5.82. The first kappa shape index (κ1) is 11.3. The van der Waals surface area contributed by atoms with Gasteiger partial charge in [-0.3, -0.25) is 9.69 Å². The van der Waals surface area contributed by atoms with Crippen LogP contribution in [0, 0.1) is 23.7 Å². The van der Waals surface area contributed by atoms with Crippen LogP contribution in [-0.2, 0) is 4.79 Å². The molecule has 0 aromatic carbocycles. The van der Waals surface area contributed by atoms with Gasteiger partial charge in [-0.05, 0) is 43.6 Å². The normalized spacial score (nSPS) is 46.9. The van der Waals surface area contributed by atoms with Crippen molar-refractivity contribution in [1.82, 2.24) is 9.80 Å². The Hall–Kier alpha value is -0.570. The molecule has 3 aliphatic heterocycles. The molecular weight excluding hydrogens is 224 g/mol. The zero-order valence-electron chi connectivity index (χ0n) is 11.3. The van der Waals surface area contributed by atoms with Gasteiger partial charge in [-0.15, -0.1) is 0 Å². The van der Waals surface area contributed by atoms with E-state index in [1.807, 2.05) is 0 Å². The van der Waals surface area contributed by atoms with Crippen LogP contribution in [0.1, 0.15) is 32.6 Å². The van der Waals surface area contributed by atoms with Crippen molar-refractivity contribution in [2.45, 2.75) is 38.6 Å². The fourth-order valence-corrected chi connectivity index (χ4v) is 4.64. The fourth-order valence-electron chi connectivity index (χ4n) is 4.64. The fraction of sp³-hybridized carbons (Fsp3) is 0.933. The Morgan fingerprint density at radius 1 is 1.17 bits per heavy atom. The monoisotopic (exact) mass is 248 g/mol. The third-order valence-corrected chi connectivity index (χ3v) is 5.86. The summed E-state index contributed by atoms with van der Waals surface area (Å²) in [4.78, 5) is 17.2. The number of fused-ring (bicyclic) bond motifs is 3. The van der Waals surface area contributed by atoms with Crippen LogP contribution >= 0.6 is 0 Å². The SMILES string of the molecule is CC1CC1C(=O)N1CC2CN3CCCCC3C2C1.